The molecule has 0 unspecified atom stereocenters. The molecule has 7 heteroatoms. The number of ether oxygens (including phenoxy) is 1. The van der Waals surface area contributed by atoms with Gasteiger partial charge in [-0.05, 0) is 32.0 Å². The molecule has 0 fully saturated rings. The zero-order valence-corrected chi connectivity index (χ0v) is 11.1. The van der Waals surface area contributed by atoms with Crippen LogP contribution in [0.5, 0.6) is 0 Å². The first-order valence-corrected chi connectivity index (χ1v) is 5.88. The average Bonchev–Trinajstić information content (AvgIpc) is 2.25. The molecule has 0 saturated heterocycles. The maximum atomic E-state index is 12.6. The number of hydrogen-bond donors (Lipinski definition) is 1. The van der Waals surface area contributed by atoms with Crippen LogP contribution in [-0.2, 0) is 15.7 Å². The number of halogens is 4. The molecule has 0 aromatic heterocycles. The van der Waals surface area contributed by atoms with Gasteiger partial charge < -0.3 is 10.1 Å². The summed E-state index contributed by atoms with van der Waals surface area (Å²) in [7, 11) is 0. The topological polar surface area (TPSA) is 38.3 Å². The summed E-state index contributed by atoms with van der Waals surface area (Å²) in [5, 5.41) is 2.17. The summed E-state index contributed by atoms with van der Waals surface area (Å²) in [6, 6.07) is 3.34. The van der Waals surface area contributed by atoms with Crippen molar-refractivity contribution in [3.63, 3.8) is 0 Å². The van der Waals surface area contributed by atoms with E-state index in [0.717, 1.165) is 12.1 Å². The molecule has 0 spiro atoms. The SMILES string of the molecule is CC(C)OC(=O)CNc1ccc(Cl)c(C(F)(F)F)c1. The molecule has 0 heterocycles. The first-order valence-electron chi connectivity index (χ1n) is 5.50. The molecule has 1 aromatic rings. The van der Waals surface area contributed by atoms with Crippen molar-refractivity contribution in [1.29, 1.82) is 0 Å². The number of benzene rings is 1. The highest BCUT2D eigenvalue weighted by molar-refractivity contribution is 6.31. The molecule has 0 bridgehead atoms. The van der Waals surface area contributed by atoms with Crippen molar-refractivity contribution in [3.8, 4) is 0 Å². The predicted octanol–water partition coefficient (Wildman–Crippen LogP) is 3.72. The Morgan fingerprint density at radius 3 is 2.58 bits per heavy atom. The van der Waals surface area contributed by atoms with E-state index in [2.05, 4.69) is 5.32 Å². The van der Waals surface area contributed by atoms with E-state index in [1.807, 2.05) is 0 Å². The summed E-state index contributed by atoms with van der Waals surface area (Å²) in [6.45, 7) is 3.15. The summed E-state index contributed by atoms with van der Waals surface area (Å²) >= 11 is 5.47. The monoisotopic (exact) mass is 295 g/mol. The van der Waals surface area contributed by atoms with Crippen LogP contribution in [-0.4, -0.2) is 18.6 Å². The van der Waals surface area contributed by atoms with Crippen LogP contribution in [0.4, 0.5) is 18.9 Å². The number of nitrogens with one attached hydrogen (secondary N) is 1. The van der Waals surface area contributed by atoms with Gasteiger partial charge in [-0.2, -0.15) is 13.2 Å². The molecule has 1 aromatic carbocycles. The number of anilines is 1. The van der Waals surface area contributed by atoms with Crippen LogP contribution in [0.1, 0.15) is 19.4 Å². The van der Waals surface area contributed by atoms with Gasteiger partial charge in [-0.3, -0.25) is 4.79 Å². The predicted molar refractivity (Wildman–Crippen MR) is 66.2 cm³/mol. The minimum atomic E-state index is -4.53. The van der Waals surface area contributed by atoms with Gasteiger partial charge >= 0.3 is 12.1 Å². The first-order chi connectivity index (χ1) is 8.70. The van der Waals surface area contributed by atoms with Crippen molar-refractivity contribution in [3.05, 3.63) is 28.8 Å². The maximum Gasteiger partial charge on any atom is 0.417 e. The molecule has 106 valence electrons. The minimum Gasteiger partial charge on any atom is -0.462 e. The van der Waals surface area contributed by atoms with Crippen LogP contribution in [0.3, 0.4) is 0 Å². The van der Waals surface area contributed by atoms with Crippen LogP contribution in [0.15, 0.2) is 18.2 Å². The molecule has 3 nitrogen and oxygen atoms in total. The summed E-state index contributed by atoms with van der Waals surface area (Å²) in [4.78, 5) is 11.2. The zero-order valence-electron chi connectivity index (χ0n) is 10.3. The van der Waals surface area contributed by atoms with E-state index in [4.69, 9.17) is 16.3 Å². The average molecular weight is 296 g/mol. The van der Waals surface area contributed by atoms with Gasteiger partial charge in [0, 0.05) is 5.69 Å². The smallest absolute Gasteiger partial charge is 0.417 e. The van der Waals surface area contributed by atoms with Crippen molar-refractivity contribution >= 4 is 23.3 Å². The molecule has 1 rings (SSSR count). The highest BCUT2D eigenvalue weighted by atomic mass is 35.5. The molecule has 0 aliphatic carbocycles. The molecular formula is C12H13ClF3NO2. The van der Waals surface area contributed by atoms with Crippen LogP contribution < -0.4 is 5.32 Å². The second kappa shape index (κ2) is 6.14. The summed E-state index contributed by atoms with van der Waals surface area (Å²) in [5.41, 5.74) is -0.797. The maximum absolute atomic E-state index is 12.6. The fraction of sp³-hybridized carbons (Fsp3) is 0.417. The lowest BCUT2D eigenvalue weighted by atomic mass is 10.2. The van der Waals surface area contributed by atoms with Gasteiger partial charge in [0.15, 0.2) is 0 Å². The molecule has 1 N–H and O–H groups in total. The number of rotatable bonds is 4. The van der Waals surface area contributed by atoms with E-state index in [-0.39, 0.29) is 23.4 Å². The fourth-order valence-electron chi connectivity index (χ4n) is 1.33. The van der Waals surface area contributed by atoms with Crippen molar-refractivity contribution in [2.75, 3.05) is 11.9 Å². The molecule has 0 atom stereocenters. The Balaban J connectivity index is 2.73. The van der Waals surface area contributed by atoms with Crippen molar-refractivity contribution < 1.29 is 22.7 Å². The third-order valence-electron chi connectivity index (χ3n) is 2.08. The number of esters is 1. The van der Waals surface area contributed by atoms with Gasteiger partial charge in [-0.1, -0.05) is 11.6 Å². The standard InChI is InChI=1S/C12H13ClF3NO2/c1-7(2)19-11(18)6-17-8-3-4-10(13)9(5-8)12(14,15)16/h3-5,7,17H,6H2,1-2H3. The largest absolute Gasteiger partial charge is 0.462 e. The lowest BCUT2D eigenvalue weighted by molar-refractivity contribution is -0.145. The molecule has 0 aliphatic heterocycles. The Labute approximate surface area is 113 Å². The van der Waals surface area contributed by atoms with E-state index in [9.17, 15) is 18.0 Å². The third-order valence-corrected chi connectivity index (χ3v) is 2.41. The summed E-state index contributed by atoms with van der Waals surface area (Å²) < 4.78 is 42.6. The Morgan fingerprint density at radius 1 is 1.42 bits per heavy atom. The van der Waals surface area contributed by atoms with E-state index in [1.54, 1.807) is 13.8 Å². The first kappa shape index (κ1) is 15.6. The lowest BCUT2D eigenvalue weighted by Gasteiger charge is -2.13. The quantitative estimate of drug-likeness (QED) is 0.860. The second-order valence-electron chi connectivity index (χ2n) is 4.08. The van der Waals surface area contributed by atoms with Gasteiger partial charge in [-0.15, -0.1) is 0 Å². The number of alkyl halides is 3. The van der Waals surface area contributed by atoms with Crippen LogP contribution in [0, 0.1) is 0 Å². The Kier molecular flexibility index (Phi) is 5.05. The third kappa shape index (κ3) is 4.98. The fourth-order valence-corrected chi connectivity index (χ4v) is 1.56. The molecule has 0 amide bonds. The molecule has 0 aliphatic rings. The van der Waals surface area contributed by atoms with E-state index in [1.165, 1.54) is 6.07 Å². The molecule has 0 radical (unpaired) electrons. The van der Waals surface area contributed by atoms with E-state index in [0.29, 0.717) is 0 Å². The van der Waals surface area contributed by atoms with Crippen LogP contribution in [0.2, 0.25) is 5.02 Å². The van der Waals surface area contributed by atoms with Crippen molar-refractivity contribution in [2.24, 2.45) is 0 Å². The zero-order chi connectivity index (χ0) is 14.6. The number of carbonyl (C=O) groups is 1. The van der Waals surface area contributed by atoms with Crippen LogP contribution >= 0.6 is 11.6 Å². The second-order valence-corrected chi connectivity index (χ2v) is 4.49. The molecule has 0 saturated carbocycles. The highest BCUT2D eigenvalue weighted by Gasteiger charge is 2.33. The summed E-state index contributed by atoms with van der Waals surface area (Å²) in [5.74, 6) is -0.543. The van der Waals surface area contributed by atoms with E-state index < -0.39 is 17.7 Å². The summed E-state index contributed by atoms with van der Waals surface area (Å²) in [6.07, 6.45) is -4.81. The normalized spacial score (nSPS) is 11.5. The number of hydrogen-bond acceptors (Lipinski definition) is 3. The van der Waals surface area contributed by atoms with Crippen LogP contribution in [0.25, 0.3) is 0 Å². The molecular weight excluding hydrogens is 283 g/mol. The Bertz CT molecular complexity index is 461. The Hall–Kier alpha value is -1.43. The van der Waals surface area contributed by atoms with E-state index >= 15 is 0 Å². The molecule has 19 heavy (non-hydrogen) atoms. The lowest BCUT2D eigenvalue weighted by Crippen LogP contribution is -2.20. The van der Waals surface area contributed by atoms with Crippen molar-refractivity contribution in [1.82, 2.24) is 0 Å². The Morgan fingerprint density at radius 2 is 2.05 bits per heavy atom. The van der Waals surface area contributed by atoms with Gasteiger partial charge in [0.25, 0.3) is 0 Å². The highest BCUT2D eigenvalue weighted by Crippen LogP contribution is 2.36. The van der Waals surface area contributed by atoms with Crippen molar-refractivity contribution in [2.45, 2.75) is 26.1 Å². The minimum absolute atomic E-state index is 0.150. The number of carbonyl (C=O) groups excluding carboxylic acids is 1. The van der Waals surface area contributed by atoms with Gasteiger partial charge in [0.1, 0.15) is 6.54 Å². The van der Waals surface area contributed by atoms with Gasteiger partial charge in [-0.25, -0.2) is 0 Å². The van der Waals surface area contributed by atoms with Gasteiger partial charge in [0.2, 0.25) is 0 Å². The van der Waals surface area contributed by atoms with Gasteiger partial charge in [0.05, 0.1) is 16.7 Å².